The molecule has 2 aromatic rings. The van der Waals surface area contributed by atoms with E-state index < -0.39 is 11.9 Å². The lowest BCUT2D eigenvalue weighted by Crippen LogP contribution is -2.36. The van der Waals surface area contributed by atoms with Gasteiger partial charge in [0.2, 0.25) is 5.91 Å². The monoisotopic (exact) mass is 481 g/mol. The fourth-order valence-corrected chi connectivity index (χ4v) is 4.53. The molecule has 0 radical (unpaired) electrons. The number of aliphatic carboxylic acids is 1. The van der Waals surface area contributed by atoms with Gasteiger partial charge in [0, 0.05) is 50.2 Å². The van der Waals surface area contributed by atoms with Gasteiger partial charge in [-0.1, -0.05) is 6.07 Å². The Hall–Kier alpha value is -2.87. The first kappa shape index (κ1) is 26.7. The highest BCUT2D eigenvalue weighted by molar-refractivity contribution is 5.72. The summed E-state index contributed by atoms with van der Waals surface area (Å²) in [5, 5.41) is 12.6. The van der Waals surface area contributed by atoms with Crippen LogP contribution in [0.5, 0.6) is 0 Å². The molecule has 1 aliphatic carbocycles. The molecular formula is C27H39N5O3. The maximum absolute atomic E-state index is 11.9. The Morgan fingerprint density at radius 1 is 1.09 bits per heavy atom. The van der Waals surface area contributed by atoms with Crippen LogP contribution in [0.2, 0.25) is 0 Å². The van der Waals surface area contributed by atoms with E-state index in [1.54, 1.807) is 12.4 Å². The van der Waals surface area contributed by atoms with Crippen LogP contribution in [0.25, 0.3) is 0 Å². The van der Waals surface area contributed by atoms with E-state index in [9.17, 15) is 14.7 Å². The van der Waals surface area contributed by atoms with E-state index in [4.69, 9.17) is 4.98 Å². The minimum absolute atomic E-state index is 0.0524. The number of fused-ring (bicyclic) bond motifs is 1. The van der Waals surface area contributed by atoms with Crippen LogP contribution < -0.4 is 5.32 Å². The van der Waals surface area contributed by atoms with E-state index in [1.165, 1.54) is 36.7 Å². The molecule has 2 N–H and O–H groups in total. The molecule has 2 heterocycles. The third kappa shape index (κ3) is 9.36. The number of carboxylic acid groups (broad SMARTS) is 1. The molecule has 0 spiro atoms. The van der Waals surface area contributed by atoms with E-state index in [2.05, 4.69) is 32.3 Å². The second-order valence-electron chi connectivity index (χ2n) is 9.60. The number of carboxylic acids is 1. The molecule has 0 unspecified atom stereocenters. The minimum atomic E-state index is -0.825. The van der Waals surface area contributed by atoms with Crippen molar-refractivity contribution in [1.29, 1.82) is 0 Å². The van der Waals surface area contributed by atoms with Crippen LogP contribution >= 0.6 is 0 Å². The second kappa shape index (κ2) is 13.9. The SMILES string of the molecule is CC(=O)NCCN(CCCCc1ccc2c(n1)CCCC2)CC[C@H](Cc1ncc(C)cn1)C(=O)O. The van der Waals surface area contributed by atoms with Crippen molar-refractivity contribution in [2.24, 2.45) is 5.92 Å². The number of unbranched alkanes of at least 4 members (excludes halogenated alkanes) is 1. The molecule has 3 rings (SSSR count). The number of pyridine rings is 1. The topological polar surface area (TPSA) is 108 Å². The average molecular weight is 482 g/mol. The molecule has 8 nitrogen and oxygen atoms in total. The molecule has 1 atom stereocenters. The van der Waals surface area contributed by atoms with Crippen LogP contribution in [0, 0.1) is 12.8 Å². The first-order valence-corrected chi connectivity index (χ1v) is 12.9. The molecule has 35 heavy (non-hydrogen) atoms. The molecule has 0 aromatic carbocycles. The van der Waals surface area contributed by atoms with Gasteiger partial charge < -0.3 is 15.3 Å². The Bertz CT molecular complexity index is 964. The highest BCUT2D eigenvalue weighted by Gasteiger charge is 2.21. The fourth-order valence-electron chi connectivity index (χ4n) is 4.53. The highest BCUT2D eigenvalue weighted by Crippen LogP contribution is 2.20. The molecule has 1 aliphatic rings. The summed E-state index contributed by atoms with van der Waals surface area (Å²) in [6, 6.07) is 4.42. The average Bonchev–Trinajstić information content (AvgIpc) is 2.84. The molecule has 190 valence electrons. The molecule has 8 heteroatoms. The van der Waals surface area contributed by atoms with Crippen LogP contribution in [0.3, 0.4) is 0 Å². The van der Waals surface area contributed by atoms with Gasteiger partial charge in [-0.05, 0) is 88.6 Å². The van der Waals surface area contributed by atoms with E-state index in [1.807, 2.05) is 6.92 Å². The molecule has 0 aliphatic heterocycles. The molecule has 1 amide bonds. The lowest BCUT2D eigenvalue weighted by molar-refractivity contribution is -0.142. The number of nitrogens with zero attached hydrogens (tertiary/aromatic N) is 4. The van der Waals surface area contributed by atoms with Gasteiger partial charge in [0.1, 0.15) is 5.82 Å². The molecular weight excluding hydrogens is 442 g/mol. The number of hydrogen-bond donors (Lipinski definition) is 2. The molecule has 0 saturated carbocycles. The van der Waals surface area contributed by atoms with Crippen molar-refractivity contribution in [1.82, 2.24) is 25.2 Å². The number of carbonyl (C=O) groups is 2. The van der Waals surface area contributed by atoms with E-state index in [-0.39, 0.29) is 5.91 Å². The predicted octanol–water partition coefficient (Wildman–Crippen LogP) is 3.15. The van der Waals surface area contributed by atoms with Crippen molar-refractivity contribution in [2.45, 2.75) is 71.6 Å². The summed E-state index contributed by atoms with van der Waals surface area (Å²) in [6.07, 6.45) is 12.0. The van der Waals surface area contributed by atoms with Crippen molar-refractivity contribution in [2.75, 3.05) is 26.2 Å². The fraction of sp³-hybridized carbons (Fsp3) is 0.593. The van der Waals surface area contributed by atoms with Crippen LogP contribution in [0.15, 0.2) is 24.5 Å². The van der Waals surface area contributed by atoms with Crippen molar-refractivity contribution >= 4 is 11.9 Å². The molecule has 0 saturated heterocycles. The Morgan fingerprint density at radius 2 is 1.86 bits per heavy atom. The summed E-state index contributed by atoms with van der Waals surface area (Å²) in [5.41, 5.74) is 4.81. The maximum Gasteiger partial charge on any atom is 0.306 e. The Balaban J connectivity index is 1.49. The van der Waals surface area contributed by atoms with Gasteiger partial charge in [-0.15, -0.1) is 0 Å². The number of hydrogen-bond acceptors (Lipinski definition) is 6. The number of amides is 1. The highest BCUT2D eigenvalue weighted by atomic mass is 16.4. The van der Waals surface area contributed by atoms with E-state index in [0.717, 1.165) is 44.2 Å². The molecule has 2 aromatic heterocycles. The van der Waals surface area contributed by atoms with Crippen molar-refractivity contribution < 1.29 is 14.7 Å². The Kier molecular flexibility index (Phi) is 10.6. The number of aromatic nitrogens is 3. The standard InChI is InChI=1S/C27H39N5O3/c1-20-18-29-26(30-19-20)17-23(27(34)35)12-15-32(16-13-28-21(2)33)14-6-5-8-24-11-10-22-7-3-4-9-25(22)31-24/h10-11,18-19,23H,3-9,12-17H2,1-2H3,(H,28,33)(H,34,35)/t23-/m1/s1. The van der Waals surface area contributed by atoms with Gasteiger partial charge >= 0.3 is 5.97 Å². The largest absolute Gasteiger partial charge is 0.481 e. The van der Waals surface area contributed by atoms with Crippen LogP contribution in [0.4, 0.5) is 0 Å². The summed E-state index contributed by atoms with van der Waals surface area (Å²) in [5.74, 6) is -0.858. The normalized spacial score (nSPS) is 13.9. The van der Waals surface area contributed by atoms with Gasteiger partial charge in [-0.3, -0.25) is 14.6 Å². The number of rotatable bonds is 14. The summed E-state index contributed by atoms with van der Waals surface area (Å²) in [7, 11) is 0. The molecule has 0 bridgehead atoms. The smallest absolute Gasteiger partial charge is 0.306 e. The first-order chi connectivity index (χ1) is 16.9. The molecule has 0 fully saturated rings. The third-order valence-corrected chi connectivity index (χ3v) is 6.60. The summed E-state index contributed by atoms with van der Waals surface area (Å²) < 4.78 is 0. The second-order valence-corrected chi connectivity index (χ2v) is 9.60. The van der Waals surface area contributed by atoms with E-state index >= 15 is 0 Å². The number of nitrogens with one attached hydrogen (secondary N) is 1. The van der Waals surface area contributed by atoms with Crippen molar-refractivity contribution in [3.05, 3.63) is 52.9 Å². The van der Waals surface area contributed by atoms with Crippen LogP contribution in [0.1, 0.15) is 67.4 Å². The van der Waals surface area contributed by atoms with Crippen LogP contribution in [-0.2, 0) is 35.3 Å². The zero-order chi connectivity index (χ0) is 25.0. The maximum atomic E-state index is 11.9. The zero-order valence-electron chi connectivity index (χ0n) is 21.1. The van der Waals surface area contributed by atoms with Crippen molar-refractivity contribution in [3.8, 4) is 0 Å². The number of aryl methyl sites for hydroxylation is 4. The third-order valence-electron chi connectivity index (χ3n) is 6.60. The summed E-state index contributed by atoms with van der Waals surface area (Å²) in [4.78, 5) is 38.8. The minimum Gasteiger partial charge on any atom is -0.481 e. The van der Waals surface area contributed by atoms with Gasteiger partial charge in [-0.25, -0.2) is 9.97 Å². The Morgan fingerprint density at radius 3 is 2.60 bits per heavy atom. The Labute approximate surface area is 208 Å². The quantitative estimate of drug-likeness (QED) is 0.399. The van der Waals surface area contributed by atoms with Gasteiger partial charge in [-0.2, -0.15) is 0 Å². The van der Waals surface area contributed by atoms with Crippen LogP contribution in [-0.4, -0.2) is 63.0 Å². The lowest BCUT2D eigenvalue weighted by Gasteiger charge is -2.24. The van der Waals surface area contributed by atoms with E-state index in [0.29, 0.717) is 38.3 Å². The van der Waals surface area contributed by atoms with Gasteiger partial charge in [0.25, 0.3) is 0 Å². The van der Waals surface area contributed by atoms with Gasteiger partial charge in [0.05, 0.1) is 5.92 Å². The predicted molar refractivity (Wildman–Crippen MR) is 135 cm³/mol. The lowest BCUT2D eigenvalue weighted by atomic mass is 9.95. The van der Waals surface area contributed by atoms with Crippen molar-refractivity contribution in [3.63, 3.8) is 0 Å². The first-order valence-electron chi connectivity index (χ1n) is 12.9. The summed E-state index contributed by atoms with van der Waals surface area (Å²) >= 11 is 0. The van der Waals surface area contributed by atoms with Gasteiger partial charge in [0.15, 0.2) is 0 Å². The number of carbonyl (C=O) groups excluding carboxylic acids is 1. The summed E-state index contributed by atoms with van der Waals surface area (Å²) in [6.45, 7) is 6.19. The zero-order valence-corrected chi connectivity index (χ0v) is 21.1.